The largest absolute Gasteiger partial charge is 0.391 e. The number of likely N-dealkylation sites (N-methyl/N-ethyl adjacent to an activating group) is 1. The Kier molecular flexibility index (Phi) is 4.63. The Balaban J connectivity index is 2.18. The van der Waals surface area contributed by atoms with E-state index in [0.717, 1.165) is 35.7 Å². The highest BCUT2D eigenvalue weighted by Crippen LogP contribution is 2.25. The highest BCUT2D eigenvalue weighted by atomic mass is 79.9. The predicted octanol–water partition coefficient (Wildman–Crippen LogP) is 3.13. The predicted molar refractivity (Wildman–Crippen MR) is 79.2 cm³/mol. The summed E-state index contributed by atoms with van der Waals surface area (Å²) in [5, 5.41) is 10.0. The maximum Gasteiger partial charge on any atom is 0.254 e. The number of aryl methyl sites for hydroxylation is 1. The fourth-order valence-electron chi connectivity index (χ4n) is 2.75. The number of hydrogen-bond acceptors (Lipinski definition) is 2. The first-order chi connectivity index (χ1) is 9.00. The first-order valence-corrected chi connectivity index (χ1v) is 7.51. The second kappa shape index (κ2) is 6.06. The fourth-order valence-corrected chi connectivity index (χ4v) is 3.23. The molecule has 1 saturated carbocycles. The van der Waals surface area contributed by atoms with Crippen molar-refractivity contribution in [2.75, 3.05) is 7.05 Å². The van der Waals surface area contributed by atoms with Crippen molar-refractivity contribution in [3.8, 4) is 0 Å². The van der Waals surface area contributed by atoms with Crippen molar-refractivity contribution in [3.63, 3.8) is 0 Å². The molecule has 2 unspecified atom stereocenters. The van der Waals surface area contributed by atoms with Crippen LogP contribution in [0, 0.1) is 6.92 Å². The Labute approximate surface area is 122 Å². The zero-order chi connectivity index (χ0) is 14.0. The number of halogens is 1. The molecule has 0 heterocycles. The summed E-state index contributed by atoms with van der Waals surface area (Å²) in [4.78, 5) is 14.2. The lowest BCUT2D eigenvalue weighted by Gasteiger charge is -2.35. The van der Waals surface area contributed by atoms with Gasteiger partial charge in [0.05, 0.1) is 12.1 Å². The smallest absolute Gasteiger partial charge is 0.254 e. The average Bonchev–Trinajstić information content (AvgIpc) is 2.38. The van der Waals surface area contributed by atoms with Crippen molar-refractivity contribution in [2.24, 2.45) is 0 Å². The van der Waals surface area contributed by atoms with Crippen LogP contribution in [-0.4, -0.2) is 35.1 Å². The molecule has 1 aliphatic rings. The van der Waals surface area contributed by atoms with Gasteiger partial charge >= 0.3 is 0 Å². The third kappa shape index (κ3) is 3.18. The van der Waals surface area contributed by atoms with Gasteiger partial charge in [0.2, 0.25) is 0 Å². The molecule has 0 aliphatic heterocycles. The molecule has 1 fully saturated rings. The summed E-state index contributed by atoms with van der Waals surface area (Å²) < 4.78 is 0.974. The summed E-state index contributed by atoms with van der Waals surface area (Å²) in [6.07, 6.45) is 3.43. The summed E-state index contributed by atoms with van der Waals surface area (Å²) in [5.41, 5.74) is 1.67. The molecule has 0 bridgehead atoms. The van der Waals surface area contributed by atoms with Crippen LogP contribution in [0.5, 0.6) is 0 Å². The van der Waals surface area contributed by atoms with Gasteiger partial charge in [0, 0.05) is 17.1 Å². The van der Waals surface area contributed by atoms with Gasteiger partial charge < -0.3 is 10.0 Å². The Morgan fingerprint density at radius 2 is 2.05 bits per heavy atom. The molecule has 1 amide bonds. The summed E-state index contributed by atoms with van der Waals surface area (Å²) in [7, 11) is 1.79. The van der Waals surface area contributed by atoms with Crippen molar-refractivity contribution >= 4 is 21.8 Å². The van der Waals surface area contributed by atoms with Crippen LogP contribution >= 0.6 is 15.9 Å². The zero-order valence-electron chi connectivity index (χ0n) is 11.4. The van der Waals surface area contributed by atoms with E-state index in [2.05, 4.69) is 15.9 Å². The molecule has 1 aromatic rings. The Bertz CT molecular complexity index is 475. The molecule has 1 aliphatic carbocycles. The molecular formula is C15H20BrNO2. The molecule has 1 aromatic carbocycles. The van der Waals surface area contributed by atoms with Crippen molar-refractivity contribution in [1.29, 1.82) is 0 Å². The number of carbonyl (C=O) groups is 1. The molecule has 19 heavy (non-hydrogen) atoms. The summed E-state index contributed by atoms with van der Waals surface area (Å²) in [6, 6.07) is 5.61. The molecule has 3 nitrogen and oxygen atoms in total. The van der Waals surface area contributed by atoms with E-state index in [1.54, 1.807) is 11.9 Å². The molecule has 0 saturated heterocycles. The standard InChI is InChI=1S/C15H20BrNO2/c1-10-9-11(16)7-8-12(10)15(19)17(2)13-5-3-4-6-14(13)18/h7-9,13-14,18H,3-6H2,1-2H3. The zero-order valence-corrected chi connectivity index (χ0v) is 13.0. The second-order valence-corrected chi connectivity index (χ2v) is 6.21. The van der Waals surface area contributed by atoms with E-state index in [9.17, 15) is 9.90 Å². The topological polar surface area (TPSA) is 40.5 Å². The lowest BCUT2D eigenvalue weighted by molar-refractivity contribution is 0.0267. The first-order valence-electron chi connectivity index (χ1n) is 6.72. The van der Waals surface area contributed by atoms with Crippen molar-refractivity contribution < 1.29 is 9.90 Å². The van der Waals surface area contributed by atoms with Crippen molar-refractivity contribution in [3.05, 3.63) is 33.8 Å². The van der Waals surface area contributed by atoms with E-state index in [-0.39, 0.29) is 11.9 Å². The van der Waals surface area contributed by atoms with Crippen LogP contribution in [0.25, 0.3) is 0 Å². The lowest BCUT2D eigenvalue weighted by Crippen LogP contribution is -2.46. The monoisotopic (exact) mass is 325 g/mol. The minimum absolute atomic E-state index is 0.00375. The van der Waals surface area contributed by atoms with Crippen LogP contribution in [0.2, 0.25) is 0 Å². The molecule has 2 atom stereocenters. The fraction of sp³-hybridized carbons (Fsp3) is 0.533. The molecule has 104 valence electrons. The van der Waals surface area contributed by atoms with Gasteiger partial charge in [-0.2, -0.15) is 0 Å². The first kappa shape index (κ1) is 14.5. The minimum atomic E-state index is -0.390. The SMILES string of the molecule is Cc1cc(Br)ccc1C(=O)N(C)C1CCCCC1O. The maximum atomic E-state index is 12.5. The van der Waals surface area contributed by atoms with Crippen molar-refractivity contribution in [1.82, 2.24) is 4.90 Å². The molecule has 1 N–H and O–H groups in total. The van der Waals surface area contributed by atoms with Gasteiger partial charge in [0.15, 0.2) is 0 Å². The van der Waals surface area contributed by atoms with Crippen LogP contribution in [0.15, 0.2) is 22.7 Å². The average molecular weight is 326 g/mol. The number of hydrogen-bond donors (Lipinski definition) is 1. The van der Waals surface area contributed by atoms with E-state index in [1.807, 2.05) is 25.1 Å². The summed E-state index contributed by atoms with van der Waals surface area (Å²) in [6.45, 7) is 1.93. The van der Waals surface area contributed by atoms with Gasteiger partial charge in [-0.05, 0) is 43.5 Å². The van der Waals surface area contributed by atoms with E-state index < -0.39 is 6.10 Å². The number of carbonyl (C=O) groups excluding carboxylic acids is 1. The van der Waals surface area contributed by atoms with E-state index >= 15 is 0 Å². The lowest BCUT2D eigenvalue weighted by atomic mass is 9.91. The van der Waals surface area contributed by atoms with Crippen LogP contribution in [-0.2, 0) is 0 Å². The van der Waals surface area contributed by atoms with Crippen LogP contribution in [0.1, 0.15) is 41.6 Å². The van der Waals surface area contributed by atoms with E-state index in [1.165, 1.54) is 0 Å². The number of benzene rings is 1. The summed E-state index contributed by atoms with van der Waals surface area (Å²) in [5.74, 6) is -0.00375. The quantitative estimate of drug-likeness (QED) is 0.907. The minimum Gasteiger partial charge on any atom is -0.391 e. The molecular weight excluding hydrogens is 306 g/mol. The van der Waals surface area contributed by atoms with E-state index in [4.69, 9.17) is 0 Å². The number of amides is 1. The summed E-state index contributed by atoms with van der Waals surface area (Å²) >= 11 is 3.40. The molecule has 0 spiro atoms. The van der Waals surface area contributed by atoms with E-state index in [0.29, 0.717) is 5.56 Å². The third-order valence-corrected chi connectivity index (χ3v) is 4.42. The third-order valence-electron chi connectivity index (χ3n) is 3.93. The highest BCUT2D eigenvalue weighted by molar-refractivity contribution is 9.10. The van der Waals surface area contributed by atoms with Crippen LogP contribution < -0.4 is 0 Å². The number of aliphatic hydroxyl groups excluding tert-OH is 1. The van der Waals surface area contributed by atoms with Gasteiger partial charge in [-0.3, -0.25) is 4.79 Å². The maximum absolute atomic E-state index is 12.5. The van der Waals surface area contributed by atoms with Gasteiger partial charge in [0.1, 0.15) is 0 Å². The number of rotatable bonds is 2. The van der Waals surface area contributed by atoms with Gasteiger partial charge in [-0.25, -0.2) is 0 Å². The van der Waals surface area contributed by atoms with Crippen LogP contribution in [0.4, 0.5) is 0 Å². The second-order valence-electron chi connectivity index (χ2n) is 5.29. The van der Waals surface area contributed by atoms with Gasteiger partial charge in [-0.15, -0.1) is 0 Å². The Morgan fingerprint density at radius 3 is 2.68 bits per heavy atom. The van der Waals surface area contributed by atoms with Gasteiger partial charge in [0.25, 0.3) is 5.91 Å². The number of nitrogens with zero attached hydrogens (tertiary/aromatic N) is 1. The van der Waals surface area contributed by atoms with Crippen molar-refractivity contribution in [2.45, 2.75) is 44.8 Å². The normalized spacial score (nSPS) is 23.2. The van der Waals surface area contributed by atoms with Crippen LogP contribution in [0.3, 0.4) is 0 Å². The molecule has 0 radical (unpaired) electrons. The van der Waals surface area contributed by atoms with Gasteiger partial charge in [-0.1, -0.05) is 28.8 Å². The Hall–Kier alpha value is -0.870. The molecule has 4 heteroatoms. The number of aliphatic hydroxyl groups is 1. The Morgan fingerprint density at radius 1 is 1.37 bits per heavy atom. The highest BCUT2D eigenvalue weighted by Gasteiger charge is 2.30. The molecule has 2 rings (SSSR count). The molecule has 0 aromatic heterocycles.